The first-order valence-corrected chi connectivity index (χ1v) is 3.95. The third-order valence-corrected chi connectivity index (χ3v) is 1.78. The van der Waals surface area contributed by atoms with Gasteiger partial charge in [-0.15, -0.1) is 0 Å². The molecule has 1 aromatic rings. The van der Waals surface area contributed by atoms with Crippen LogP contribution >= 0.6 is 0 Å². The second-order valence-corrected chi connectivity index (χ2v) is 2.84. The summed E-state index contributed by atoms with van der Waals surface area (Å²) in [5, 5.41) is 8.44. The van der Waals surface area contributed by atoms with E-state index in [9.17, 15) is 13.6 Å². The summed E-state index contributed by atoms with van der Waals surface area (Å²) < 4.78 is 25.7. The number of hydrogen-bond donors (Lipinski definition) is 0. The Bertz CT molecular complexity index is 409. The number of nitriles is 1. The van der Waals surface area contributed by atoms with Crippen molar-refractivity contribution in [2.24, 2.45) is 5.92 Å². The summed E-state index contributed by atoms with van der Waals surface area (Å²) in [5.74, 6) is -3.17. The average Bonchev–Trinajstić information content (AvgIpc) is 2.19. The first kappa shape index (κ1) is 10.3. The van der Waals surface area contributed by atoms with E-state index in [4.69, 9.17) is 5.26 Å². The minimum absolute atomic E-state index is 0.376. The average molecular weight is 195 g/mol. The number of Topliss-reactive ketones (excluding diaryl/α,β-unsaturated/α-hetero) is 1. The maximum absolute atomic E-state index is 13.0. The molecule has 4 heteroatoms. The minimum atomic E-state index is -0.966. The predicted molar refractivity (Wildman–Crippen MR) is 45.5 cm³/mol. The van der Waals surface area contributed by atoms with Crippen molar-refractivity contribution < 1.29 is 13.6 Å². The van der Waals surface area contributed by atoms with Crippen molar-refractivity contribution in [2.75, 3.05) is 0 Å². The van der Waals surface area contributed by atoms with Gasteiger partial charge in [0.25, 0.3) is 0 Å². The van der Waals surface area contributed by atoms with E-state index in [0.29, 0.717) is 0 Å². The Morgan fingerprint density at radius 3 is 2.71 bits per heavy atom. The van der Waals surface area contributed by atoms with Crippen molar-refractivity contribution in [2.45, 2.75) is 6.92 Å². The molecule has 0 aliphatic rings. The molecule has 1 rings (SSSR count). The molecule has 0 aliphatic carbocycles. The van der Waals surface area contributed by atoms with E-state index in [-0.39, 0.29) is 5.56 Å². The zero-order chi connectivity index (χ0) is 10.7. The highest BCUT2D eigenvalue weighted by atomic mass is 19.1. The molecule has 0 aliphatic heterocycles. The van der Waals surface area contributed by atoms with Crippen LogP contribution in [0.5, 0.6) is 0 Å². The molecule has 1 unspecified atom stereocenters. The standard InChI is InChI=1S/C10H7F2NO/c1-6(5-13)10(14)8-4-7(11)2-3-9(8)12/h2-4,6H,1H3. The van der Waals surface area contributed by atoms with Gasteiger partial charge in [-0.2, -0.15) is 5.26 Å². The molecule has 0 fully saturated rings. The van der Waals surface area contributed by atoms with Crippen LogP contribution in [0.3, 0.4) is 0 Å². The maximum Gasteiger partial charge on any atom is 0.182 e. The number of rotatable bonds is 2. The lowest BCUT2D eigenvalue weighted by molar-refractivity contribution is 0.0952. The van der Waals surface area contributed by atoms with E-state index in [2.05, 4.69) is 0 Å². The Morgan fingerprint density at radius 1 is 1.50 bits per heavy atom. The van der Waals surface area contributed by atoms with Gasteiger partial charge in [0.05, 0.1) is 11.6 Å². The largest absolute Gasteiger partial charge is 0.293 e. The number of nitrogens with zero attached hydrogens (tertiary/aromatic N) is 1. The quantitative estimate of drug-likeness (QED) is 0.679. The highest BCUT2D eigenvalue weighted by molar-refractivity contribution is 5.99. The first-order valence-electron chi connectivity index (χ1n) is 3.95. The molecule has 2 nitrogen and oxygen atoms in total. The molecule has 0 N–H and O–H groups in total. The van der Waals surface area contributed by atoms with Crippen LogP contribution < -0.4 is 0 Å². The molecular formula is C10H7F2NO. The Labute approximate surface area is 79.8 Å². The van der Waals surface area contributed by atoms with Crippen LogP contribution in [-0.4, -0.2) is 5.78 Å². The van der Waals surface area contributed by atoms with Gasteiger partial charge in [0.15, 0.2) is 5.78 Å². The van der Waals surface area contributed by atoms with Crippen molar-refractivity contribution in [1.82, 2.24) is 0 Å². The van der Waals surface area contributed by atoms with Gasteiger partial charge >= 0.3 is 0 Å². The normalized spacial score (nSPS) is 11.9. The highest BCUT2D eigenvalue weighted by Gasteiger charge is 2.18. The second kappa shape index (κ2) is 3.97. The Morgan fingerprint density at radius 2 is 2.14 bits per heavy atom. The Balaban J connectivity index is 3.14. The molecule has 0 aromatic heterocycles. The van der Waals surface area contributed by atoms with Gasteiger partial charge in [-0.3, -0.25) is 4.79 Å². The number of halogens is 2. The van der Waals surface area contributed by atoms with E-state index in [0.717, 1.165) is 18.2 Å². The van der Waals surface area contributed by atoms with Crippen LogP contribution in [0.25, 0.3) is 0 Å². The zero-order valence-corrected chi connectivity index (χ0v) is 7.42. The summed E-state index contributed by atoms with van der Waals surface area (Å²) >= 11 is 0. The van der Waals surface area contributed by atoms with E-state index in [1.807, 2.05) is 0 Å². The Hall–Kier alpha value is -1.76. The SMILES string of the molecule is CC(C#N)C(=O)c1cc(F)ccc1F. The smallest absolute Gasteiger partial charge is 0.182 e. The molecule has 1 aromatic carbocycles. The third kappa shape index (κ3) is 1.94. The molecule has 0 heterocycles. The molecule has 72 valence electrons. The van der Waals surface area contributed by atoms with Gasteiger partial charge in [0.1, 0.15) is 17.6 Å². The molecule has 1 atom stereocenters. The van der Waals surface area contributed by atoms with Gasteiger partial charge < -0.3 is 0 Å². The lowest BCUT2D eigenvalue weighted by Crippen LogP contribution is -2.11. The first-order chi connectivity index (χ1) is 6.56. The molecule has 0 spiro atoms. The van der Waals surface area contributed by atoms with Crippen LogP contribution in [0.15, 0.2) is 18.2 Å². The molecule has 0 saturated heterocycles. The van der Waals surface area contributed by atoms with Crippen molar-refractivity contribution in [3.63, 3.8) is 0 Å². The fraction of sp³-hybridized carbons (Fsp3) is 0.200. The molecule has 0 radical (unpaired) electrons. The van der Waals surface area contributed by atoms with E-state index in [1.54, 1.807) is 6.07 Å². The predicted octanol–water partition coefficient (Wildman–Crippen LogP) is 2.31. The summed E-state index contributed by atoms with van der Waals surface area (Å²) in [6.07, 6.45) is 0. The van der Waals surface area contributed by atoms with Crippen LogP contribution in [0.4, 0.5) is 8.78 Å². The summed E-state index contributed by atoms with van der Waals surface area (Å²) in [5.41, 5.74) is -0.376. The monoisotopic (exact) mass is 195 g/mol. The number of hydrogen-bond acceptors (Lipinski definition) is 2. The number of benzene rings is 1. The van der Waals surface area contributed by atoms with Crippen LogP contribution in [0.1, 0.15) is 17.3 Å². The van der Waals surface area contributed by atoms with Crippen LogP contribution in [-0.2, 0) is 0 Å². The number of carbonyl (C=O) groups excluding carboxylic acids is 1. The van der Waals surface area contributed by atoms with E-state index >= 15 is 0 Å². The minimum Gasteiger partial charge on any atom is -0.293 e. The van der Waals surface area contributed by atoms with Crippen molar-refractivity contribution in [3.05, 3.63) is 35.4 Å². The van der Waals surface area contributed by atoms with Crippen molar-refractivity contribution in [1.29, 1.82) is 5.26 Å². The highest BCUT2D eigenvalue weighted by Crippen LogP contribution is 2.14. The van der Waals surface area contributed by atoms with Crippen molar-refractivity contribution in [3.8, 4) is 6.07 Å². The molecular weight excluding hydrogens is 188 g/mol. The summed E-state index contributed by atoms with van der Waals surface area (Å²) in [7, 11) is 0. The van der Waals surface area contributed by atoms with E-state index in [1.165, 1.54) is 6.92 Å². The summed E-state index contributed by atoms with van der Waals surface area (Å²) in [6, 6.07) is 4.26. The van der Waals surface area contributed by atoms with Crippen molar-refractivity contribution >= 4 is 5.78 Å². The zero-order valence-electron chi connectivity index (χ0n) is 7.42. The fourth-order valence-corrected chi connectivity index (χ4v) is 0.978. The van der Waals surface area contributed by atoms with Gasteiger partial charge in [-0.05, 0) is 25.1 Å². The lowest BCUT2D eigenvalue weighted by atomic mass is 10.0. The van der Waals surface area contributed by atoms with Gasteiger partial charge in [-0.25, -0.2) is 8.78 Å². The van der Waals surface area contributed by atoms with Gasteiger partial charge in [0, 0.05) is 0 Å². The van der Waals surface area contributed by atoms with Crippen LogP contribution in [0.2, 0.25) is 0 Å². The molecule has 0 amide bonds. The topological polar surface area (TPSA) is 40.9 Å². The van der Waals surface area contributed by atoms with Gasteiger partial charge in [-0.1, -0.05) is 0 Å². The molecule has 0 saturated carbocycles. The fourth-order valence-electron chi connectivity index (χ4n) is 0.978. The summed E-state index contributed by atoms with van der Waals surface area (Å²) in [6.45, 7) is 1.34. The second-order valence-electron chi connectivity index (χ2n) is 2.84. The molecule has 14 heavy (non-hydrogen) atoms. The van der Waals surface area contributed by atoms with Crippen LogP contribution in [0, 0.1) is 28.9 Å². The number of ketones is 1. The lowest BCUT2D eigenvalue weighted by Gasteiger charge is -2.03. The molecule has 0 bridgehead atoms. The third-order valence-electron chi connectivity index (χ3n) is 1.78. The van der Waals surface area contributed by atoms with E-state index < -0.39 is 23.3 Å². The Kier molecular flexibility index (Phi) is 2.92. The maximum atomic E-state index is 13.0. The summed E-state index contributed by atoms with van der Waals surface area (Å²) in [4.78, 5) is 11.3. The number of carbonyl (C=O) groups is 1. The van der Waals surface area contributed by atoms with Gasteiger partial charge in [0.2, 0.25) is 0 Å².